The van der Waals surface area contributed by atoms with Crippen molar-refractivity contribution in [1.29, 1.82) is 0 Å². The molecule has 4 rings (SSSR count). The van der Waals surface area contributed by atoms with Gasteiger partial charge in [-0.2, -0.15) is 0 Å². The minimum absolute atomic E-state index is 0.0124. The third-order valence-corrected chi connectivity index (χ3v) is 9.38. The molecule has 4 aliphatic rings. The van der Waals surface area contributed by atoms with Crippen LogP contribution in [0.4, 0.5) is 9.59 Å². The number of methoxy groups -OCH3 is 1. The van der Waals surface area contributed by atoms with Gasteiger partial charge in [0.05, 0.1) is 25.2 Å². The highest BCUT2D eigenvalue weighted by molar-refractivity contribution is 5.72. The summed E-state index contributed by atoms with van der Waals surface area (Å²) in [5.41, 5.74) is 0. The molecule has 4 fully saturated rings. The van der Waals surface area contributed by atoms with Crippen molar-refractivity contribution in [2.45, 2.75) is 109 Å². The minimum atomic E-state index is -0.264. The van der Waals surface area contributed by atoms with Crippen molar-refractivity contribution in [2.75, 3.05) is 26.7 Å². The second-order valence-electron chi connectivity index (χ2n) is 11.5. The number of ether oxygens (including phenoxy) is 2. The number of carbonyl (C=O) groups excluding carboxylic acids is 2. The van der Waals surface area contributed by atoms with Gasteiger partial charge in [0.1, 0.15) is 6.10 Å². The monoisotopic (exact) mass is 477 g/mol. The Labute approximate surface area is 206 Å². The average Bonchev–Trinajstić information content (AvgIpc) is 2.85. The van der Waals surface area contributed by atoms with Crippen molar-refractivity contribution in [2.24, 2.45) is 23.7 Å². The topological polar surface area (TPSA) is 71.1 Å². The van der Waals surface area contributed by atoms with E-state index in [-0.39, 0.29) is 36.4 Å². The van der Waals surface area contributed by atoms with Gasteiger partial charge in [-0.3, -0.25) is 4.90 Å². The lowest BCUT2D eigenvalue weighted by molar-refractivity contribution is -0.0522. The zero-order valence-electron chi connectivity index (χ0n) is 21.8. The fraction of sp³-hybridized carbons (Fsp3) is 0.926. The molecule has 8 unspecified atom stereocenters. The first kappa shape index (κ1) is 25.6. The number of piperazine rings is 1. The summed E-state index contributed by atoms with van der Waals surface area (Å²) in [6.07, 6.45) is 11.0. The molecule has 0 radical (unpaired) electrons. The van der Waals surface area contributed by atoms with Gasteiger partial charge in [-0.1, -0.05) is 33.1 Å². The van der Waals surface area contributed by atoms with Gasteiger partial charge in [0.25, 0.3) is 0 Å². The van der Waals surface area contributed by atoms with E-state index in [0.29, 0.717) is 12.5 Å². The van der Waals surface area contributed by atoms with E-state index in [0.717, 1.165) is 62.9 Å². The molecule has 0 aromatic rings. The first-order valence-electron chi connectivity index (χ1n) is 14.0. The number of nitrogens with one attached hydrogen (secondary N) is 1. The maximum Gasteiger partial charge on any atom is 0.410 e. The number of nitrogens with zero attached hydrogens (tertiary/aromatic N) is 2. The summed E-state index contributed by atoms with van der Waals surface area (Å²) in [5, 5.41) is 3.34. The van der Waals surface area contributed by atoms with Crippen molar-refractivity contribution in [3.8, 4) is 0 Å². The predicted octanol–water partition coefficient (Wildman–Crippen LogP) is 5.04. The number of hydrogen-bond donors (Lipinski definition) is 1. The van der Waals surface area contributed by atoms with Crippen LogP contribution in [0.15, 0.2) is 0 Å². The highest BCUT2D eigenvalue weighted by Gasteiger charge is 2.49. The van der Waals surface area contributed by atoms with Crippen molar-refractivity contribution in [1.82, 2.24) is 15.1 Å². The second-order valence-corrected chi connectivity index (χ2v) is 11.5. The van der Waals surface area contributed by atoms with E-state index in [9.17, 15) is 9.59 Å². The van der Waals surface area contributed by atoms with Gasteiger partial charge in [0, 0.05) is 13.1 Å². The molecule has 34 heavy (non-hydrogen) atoms. The fourth-order valence-electron chi connectivity index (χ4n) is 7.50. The van der Waals surface area contributed by atoms with Crippen molar-refractivity contribution >= 4 is 12.2 Å². The van der Waals surface area contributed by atoms with E-state index in [1.165, 1.54) is 39.2 Å². The van der Waals surface area contributed by atoms with Crippen LogP contribution in [0.5, 0.6) is 0 Å². The van der Waals surface area contributed by atoms with E-state index in [1.54, 1.807) is 0 Å². The van der Waals surface area contributed by atoms with Crippen LogP contribution in [0, 0.1) is 23.7 Å². The van der Waals surface area contributed by atoms with E-state index in [4.69, 9.17) is 9.47 Å². The van der Waals surface area contributed by atoms with Crippen LogP contribution >= 0.6 is 0 Å². The molecule has 194 valence electrons. The number of piperidine rings is 1. The Morgan fingerprint density at radius 2 is 1.74 bits per heavy atom. The number of rotatable bonds is 4. The number of carbonyl (C=O) groups is 2. The quantitative estimate of drug-likeness (QED) is 0.614. The highest BCUT2D eigenvalue weighted by atomic mass is 16.6. The molecule has 0 bridgehead atoms. The molecular weight excluding hydrogens is 430 g/mol. The maximum absolute atomic E-state index is 13.4. The SMILES string of the molecule is CCCC1CC(C2CCC3C(C2)N(C(=O)OC2CCCNC2)CC(C)N3C(=O)OC)CCC1C. The third kappa shape index (κ3) is 5.50. The van der Waals surface area contributed by atoms with Gasteiger partial charge in [0.15, 0.2) is 0 Å². The molecule has 2 aliphatic heterocycles. The molecule has 2 aliphatic carbocycles. The van der Waals surface area contributed by atoms with Crippen LogP contribution in [0.1, 0.15) is 85.0 Å². The molecule has 8 atom stereocenters. The Morgan fingerprint density at radius 3 is 2.44 bits per heavy atom. The smallest absolute Gasteiger partial charge is 0.410 e. The molecule has 7 nitrogen and oxygen atoms in total. The Morgan fingerprint density at radius 1 is 0.971 bits per heavy atom. The summed E-state index contributed by atoms with van der Waals surface area (Å²) in [6.45, 7) is 9.01. The molecule has 2 saturated heterocycles. The van der Waals surface area contributed by atoms with E-state index < -0.39 is 0 Å². The van der Waals surface area contributed by atoms with E-state index in [1.807, 2.05) is 16.7 Å². The van der Waals surface area contributed by atoms with Crippen LogP contribution in [-0.4, -0.2) is 73.0 Å². The molecule has 1 N–H and O–H groups in total. The molecule has 2 amide bonds. The molecule has 0 aromatic carbocycles. The third-order valence-electron chi connectivity index (χ3n) is 9.38. The van der Waals surface area contributed by atoms with Crippen LogP contribution in [0.2, 0.25) is 0 Å². The minimum Gasteiger partial charge on any atom is -0.453 e. The van der Waals surface area contributed by atoms with Gasteiger partial charge in [-0.25, -0.2) is 9.59 Å². The Bertz CT molecular complexity index is 697. The lowest BCUT2D eigenvalue weighted by Crippen LogP contribution is -2.67. The van der Waals surface area contributed by atoms with E-state index in [2.05, 4.69) is 19.2 Å². The predicted molar refractivity (Wildman–Crippen MR) is 133 cm³/mol. The van der Waals surface area contributed by atoms with Crippen LogP contribution in [-0.2, 0) is 9.47 Å². The first-order chi connectivity index (χ1) is 16.4. The lowest BCUT2D eigenvalue weighted by Gasteiger charge is -2.54. The number of amides is 2. The molecule has 2 heterocycles. The van der Waals surface area contributed by atoms with Crippen LogP contribution in [0.25, 0.3) is 0 Å². The van der Waals surface area contributed by atoms with Crippen molar-refractivity contribution in [3.63, 3.8) is 0 Å². The normalized spacial score (nSPS) is 38.7. The number of hydrogen-bond acceptors (Lipinski definition) is 5. The van der Waals surface area contributed by atoms with Gasteiger partial charge in [0.2, 0.25) is 0 Å². The second kappa shape index (κ2) is 11.5. The molecular formula is C27H47N3O4. The summed E-state index contributed by atoms with van der Waals surface area (Å²) in [4.78, 5) is 30.0. The standard InChI is InChI=1S/C27H47N3O4/c1-5-7-20-14-21(10-9-18(20)2)22-11-12-24-25(15-22)29(17-19(3)30(24)27(32)33-4)26(31)34-23-8-6-13-28-16-23/h18-25,28H,5-17H2,1-4H3. The first-order valence-corrected chi connectivity index (χ1v) is 14.0. The average molecular weight is 478 g/mol. The summed E-state index contributed by atoms with van der Waals surface area (Å²) in [5.74, 6) is 3.01. The highest BCUT2D eigenvalue weighted by Crippen LogP contribution is 2.46. The van der Waals surface area contributed by atoms with E-state index >= 15 is 0 Å². The van der Waals surface area contributed by atoms with Gasteiger partial charge < -0.3 is 19.7 Å². The lowest BCUT2D eigenvalue weighted by atomic mass is 9.64. The summed E-state index contributed by atoms with van der Waals surface area (Å²) >= 11 is 0. The maximum atomic E-state index is 13.4. The zero-order chi connectivity index (χ0) is 24.2. The summed E-state index contributed by atoms with van der Waals surface area (Å²) < 4.78 is 11.2. The number of fused-ring (bicyclic) bond motifs is 1. The van der Waals surface area contributed by atoms with Gasteiger partial charge in [-0.15, -0.1) is 0 Å². The van der Waals surface area contributed by atoms with Crippen molar-refractivity contribution < 1.29 is 19.1 Å². The largest absolute Gasteiger partial charge is 0.453 e. The molecule has 7 heteroatoms. The zero-order valence-corrected chi connectivity index (χ0v) is 21.8. The Kier molecular flexibility index (Phi) is 8.65. The Hall–Kier alpha value is -1.50. The van der Waals surface area contributed by atoms with Crippen LogP contribution in [0.3, 0.4) is 0 Å². The molecule has 0 aromatic heterocycles. The van der Waals surface area contributed by atoms with Crippen LogP contribution < -0.4 is 5.32 Å². The Balaban J connectivity index is 1.50. The summed E-state index contributed by atoms with van der Waals surface area (Å²) in [6, 6.07) is -0.0488. The summed E-state index contributed by atoms with van der Waals surface area (Å²) in [7, 11) is 1.46. The molecule has 0 spiro atoms. The fourth-order valence-corrected chi connectivity index (χ4v) is 7.50. The van der Waals surface area contributed by atoms with Gasteiger partial charge in [-0.05, 0) is 82.1 Å². The van der Waals surface area contributed by atoms with Gasteiger partial charge >= 0.3 is 12.2 Å². The van der Waals surface area contributed by atoms with Crippen molar-refractivity contribution in [3.05, 3.63) is 0 Å². The molecule has 2 saturated carbocycles.